The van der Waals surface area contributed by atoms with Crippen molar-refractivity contribution in [2.75, 3.05) is 18.5 Å². The van der Waals surface area contributed by atoms with Gasteiger partial charge < -0.3 is 15.7 Å². The van der Waals surface area contributed by atoms with Crippen LogP contribution in [0.1, 0.15) is 31.9 Å². The Morgan fingerprint density at radius 1 is 1.41 bits per heavy atom. The summed E-state index contributed by atoms with van der Waals surface area (Å²) >= 11 is 3.46. The van der Waals surface area contributed by atoms with Crippen molar-refractivity contribution in [3.8, 4) is 0 Å². The molecule has 0 aliphatic rings. The number of halogens is 1. The molecule has 0 saturated carbocycles. The first-order valence-corrected chi connectivity index (χ1v) is 6.65. The van der Waals surface area contributed by atoms with Crippen molar-refractivity contribution >= 4 is 21.6 Å². The summed E-state index contributed by atoms with van der Waals surface area (Å²) in [6.45, 7) is 4.61. The van der Waals surface area contributed by atoms with Crippen molar-refractivity contribution in [1.82, 2.24) is 0 Å². The fourth-order valence-corrected chi connectivity index (χ4v) is 2.12. The second-order valence-electron chi connectivity index (χ2n) is 4.55. The van der Waals surface area contributed by atoms with Gasteiger partial charge in [-0.2, -0.15) is 0 Å². The average Bonchev–Trinajstić information content (AvgIpc) is 2.25. The van der Waals surface area contributed by atoms with Gasteiger partial charge in [-0.25, -0.2) is 0 Å². The molecule has 17 heavy (non-hydrogen) atoms. The topological polar surface area (TPSA) is 49.5 Å². The van der Waals surface area contributed by atoms with E-state index in [2.05, 4.69) is 33.0 Å². The maximum absolute atomic E-state index is 9.31. The second kappa shape index (κ2) is 6.38. The lowest BCUT2D eigenvalue weighted by Crippen LogP contribution is -2.24. The van der Waals surface area contributed by atoms with E-state index in [9.17, 15) is 5.11 Å². The van der Waals surface area contributed by atoms with Crippen molar-refractivity contribution in [1.29, 1.82) is 0 Å². The number of nitrogens with two attached hydrogens (primary N) is 1. The molecule has 96 valence electrons. The number of hydrogen-bond donors (Lipinski definition) is 2. The van der Waals surface area contributed by atoms with E-state index >= 15 is 0 Å². The van der Waals surface area contributed by atoms with Crippen molar-refractivity contribution in [2.24, 2.45) is 5.73 Å². The van der Waals surface area contributed by atoms with E-state index in [0.717, 1.165) is 28.7 Å². The molecule has 0 amide bonds. The van der Waals surface area contributed by atoms with Crippen molar-refractivity contribution in [2.45, 2.75) is 32.4 Å². The summed E-state index contributed by atoms with van der Waals surface area (Å²) in [7, 11) is 2.03. The summed E-state index contributed by atoms with van der Waals surface area (Å²) in [6, 6.07) is 6.13. The van der Waals surface area contributed by atoms with Crippen LogP contribution in [0.25, 0.3) is 0 Å². The van der Waals surface area contributed by atoms with Gasteiger partial charge in [0, 0.05) is 29.8 Å². The van der Waals surface area contributed by atoms with Crippen molar-refractivity contribution in [3.63, 3.8) is 0 Å². The monoisotopic (exact) mass is 300 g/mol. The van der Waals surface area contributed by atoms with Gasteiger partial charge in [0.15, 0.2) is 0 Å². The summed E-state index contributed by atoms with van der Waals surface area (Å²) in [4.78, 5) is 2.14. The molecule has 0 radical (unpaired) electrons. The van der Waals surface area contributed by atoms with E-state index in [4.69, 9.17) is 5.73 Å². The lowest BCUT2D eigenvalue weighted by molar-refractivity contribution is 0.187. The lowest BCUT2D eigenvalue weighted by Gasteiger charge is -2.24. The van der Waals surface area contributed by atoms with Gasteiger partial charge in [0.25, 0.3) is 0 Å². The van der Waals surface area contributed by atoms with Crippen LogP contribution in [0.15, 0.2) is 22.7 Å². The molecule has 0 fully saturated rings. The Hall–Kier alpha value is -0.580. The molecule has 3 N–H and O–H groups in total. The Labute approximate surface area is 112 Å². The molecular formula is C13H21BrN2O. The zero-order valence-electron chi connectivity index (χ0n) is 10.7. The predicted octanol–water partition coefficient (Wildman–Crippen LogP) is 2.68. The van der Waals surface area contributed by atoms with Gasteiger partial charge in [-0.1, -0.05) is 15.9 Å². The molecular weight excluding hydrogens is 280 g/mol. The van der Waals surface area contributed by atoms with Gasteiger partial charge in [0.1, 0.15) is 0 Å². The van der Waals surface area contributed by atoms with Crippen molar-refractivity contribution in [3.05, 3.63) is 28.2 Å². The largest absolute Gasteiger partial charge is 0.393 e. The highest BCUT2D eigenvalue weighted by atomic mass is 79.9. The van der Waals surface area contributed by atoms with Gasteiger partial charge >= 0.3 is 0 Å². The molecule has 4 heteroatoms. The SMILES string of the molecule is CC(O)CCN(C)c1ccc(Br)cc1C(C)N. The Morgan fingerprint density at radius 2 is 2.06 bits per heavy atom. The van der Waals surface area contributed by atoms with E-state index in [1.54, 1.807) is 0 Å². The van der Waals surface area contributed by atoms with E-state index in [1.807, 2.05) is 27.0 Å². The molecule has 1 rings (SSSR count). The minimum absolute atomic E-state index is 0.00324. The molecule has 0 bridgehead atoms. The highest BCUT2D eigenvalue weighted by Crippen LogP contribution is 2.28. The molecule has 2 atom stereocenters. The zero-order valence-corrected chi connectivity index (χ0v) is 12.2. The second-order valence-corrected chi connectivity index (χ2v) is 5.47. The number of benzene rings is 1. The van der Waals surface area contributed by atoms with Crippen LogP contribution in [-0.2, 0) is 0 Å². The first-order chi connectivity index (χ1) is 7.91. The quantitative estimate of drug-likeness (QED) is 0.879. The third-order valence-electron chi connectivity index (χ3n) is 2.77. The Bertz CT molecular complexity index is 366. The maximum atomic E-state index is 9.31. The molecule has 0 aliphatic heterocycles. The van der Waals surface area contributed by atoms with E-state index < -0.39 is 0 Å². The minimum Gasteiger partial charge on any atom is -0.393 e. The van der Waals surface area contributed by atoms with Crippen LogP contribution in [0.5, 0.6) is 0 Å². The lowest BCUT2D eigenvalue weighted by atomic mass is 10.1. The zero-order chi connectivity index (χ0) is 13.0. The molecule has 0 spiro atoms. The number of rotatable bonds is 5. The first-order valence-electron chi connectivity index (χ1n) is 5.86. The molecule has 0 aliphatic carbocycles. The van der Waals surface area contributed by atoms with Crippen LogP contribution < -0.4 is 10.6 Å². The Balaban J connectivity index is 2.88. The van der Waals surface area contributed by atoms with E-state index in [0.29, 0.717) is 0 Å². The summed E-state index contributed by atoms with van der Waals surface area (Å²) < 4.78 is 1.04. The fourth-order valence-electron chi connectivity index (χ4n) is 1.74. The Morgan fingerprint density at radius 3 is 2.59 bits per heavy atom. The van der Waals surface area contributed by atoms with Gasteiger partial charge in [0.05, 0.1) is 6.10 Å². The average molecular weight is 301 g/mol. The standard InChI is InChI=1S/C13H21BrN2O/c1-9(17)6-7-16(3)13-5-4-11(14)8-12(13)10(2)15/h4-5,8-10,17H,6-7,15H2,1-3H3. The molecule has 0 aromatic heterocycles. The third kappa shape index (κ3) is 4.30. The van der Waals surface area contributed by atoms with Crippen LogP contribution in [-0.4, -0.2) is 24.8 Å². The molecule has 3 nitrogen and oxygen atoms in total. The maximum Gasteiger partial charge on any atom is 0.0528 e. The van der Waals surface area contributed by atoms with Gasteiger partial charge in [-0.3, -0.25) is 0 Å². The Kier molecular flexibility index (Phi) is 5.43. The fraction of sp³-hybridized carbons (Fsp3) is 0.538. The van der Waals surface area contributed by atoms with Crippen LogP contribution in [0.4, 0.5) is 5.69 Å². The van der Waals surface area contributed by atoms with Gasteiger partial charge in [0.2, 0.25) is 0 Å². The molecule has 1 aromatic rings. The van der Waals surface area contributed by atoms with E-state index in [1.165, 1.54) is 0 Å². The molecule has 1 aromatic carbocycles. The van der Waals surface area contributed by atoms with Crippen LogP contribution in [0.2, 0.25) is 0 Å². The molecule has 0 saturated heterocycles. The molecule has 0 heterocycles. The number of anilines is 1. The van der Waals surface area contributed by atoms with E-state index in [-0.39, 0.29) is 12.1 Å². The first kappa shape index (κ1) is 14.5. The van der Waals surface area contributed by atoms with Gasteiger partial charge in [-0.05, 0) is 44.0 Å². The molecule has 2 unspecified atom stereocenters. The number of hydrogen-bond acceptors (Lipinski definition) is 3. The van der Waals surface area contributed by atoms with Crippen LogP contribution in [0.3, 0.4) is 0 Å². The van der Waals surface area contributed by atoms with Crippen molar-refractivity contribution < 1.29 is 5.11 Å². The predicted molar refractivity (Wildman–Crippen MR) is 76.3 cm³/mol. The highest BCUT2D eigenvalue weighted by Gasteiger charge is 2.11. The third-order valence-corrected chi connectivity index (χ3v) is 3.27. The number of nitrogens with zero attached hydrogens (tertiary/aromatic N) is 1. The number of aliphatic hydroxyl groups is 1. The van der Waals surface area contributed by atoms with Gasteiger partial charge in [-0.15, -0.1) is 0 Å². The summed E-state index contributed by atoms with van der Waals surface area (Å²) in [5.41, 5.74) is 8.23. The summed E-state index contributed by atoms with van der Waals surface area (Å²) in [5.74, 6) is 0. The van der Waals surface area contributed by atoms with Crippen LogP contribution in [0, 0.1) is 0 Å². The minimum atomic E-state index is -0.272. The highest BCUT2D eigenvalue weighted by molar-refractivity contribution is 9.10. The smallest absolute Gasteiger partial charge is 0.0528 e. The van der Waals surface area contributed by atoms with Crippen LogP contribution >= 0.6 is 15.9 Å². The normalized spacial score (nSPS) is 14.5. The summed E-state index contributed by atoms with van der Waals surface area (Å²) in [6.07, 6.45) is 0.483. The number of aliphatic hydroxyl groups excluding tert-OH is 1. The summed E-state index contributed by atoms with van der Waals surface area (Å²) in [5, 5.41) is 9.31.